The van der Waals surface area contributed by atoms with Gasteiger partial charge >= 0.3 is 0 Å². The summed E-state index contributed by atoms with van der Waals surface area (Å²) in [7, 11) is 0. The lowest BCUT2D eigenvalue weighted by molar-refractivity contribution is 0.151. The number of nitrogens with zero attached hydrogens (tertiary/aromatic N) is 1. The molecule has 1 saturated carbocycles. The lowest BCUT2D eigenvalue weighted by Crippen LogP contribution is -2.42. The highest BCUT2D eigenvalue weighted by Crippen LogP contribution is 2.60. The molecule has 0 bridgehead atoms. The monoisotopic (exact) mass is 187 g/mol. The van der Waals surface area contributed by atoms with E-state index in [1.54, 1.807) is 0 Å². The Kier molecular flexibility index (Phi) is 1.61. The van der Waals surface area contributed by atoms with Gasteiger partial charge in [0.05, 0.1) is 4.87 Å². The minimum absolute atomic E-state index is 0.141. The zero-order chi connectivity index (χ0) is 9.15. The molecule has 2 fully saturated rings. The maximum atomic E-state index is 6.30. The summed E-state index contributed by atoms with van der Waals surface area (Å²) in [5.41, 5.74) is 0.334. The van der Waals surface area contributed by atoms with E-state index in [2.05, 4.69) is 32.6 Å². The molecule has 2 atom stereocenters. The van der Waals surface area contributed by atoms with Gasteiger partial charge in [-0.2, -0.15) is 0 Å². The van der Waals surface area contributed by atoms with Crippen LogP contribution in [0, 0.1) is 11.8 Å². The second-order valence-electron chi connectivity index (χ2n) is 5.44. The van der Waals surface area contributed by atoms with Crippen molar-refractivity contribution in [3.8, 4) is 0 Å². The number of likely N-dealkylation sites (tertiary alicyclic amines) is 1. The lowest BCUT2D eigenvalue weighted by Gasteiger charge is -2.34. The first kappa shape index (κ1) is 8.83. The Morgan fingerprint density at radius 1 is 1.25 bits per heavy atom. The molecule has 2 aliphatic rings. The first-order valence-corrected chi connectivity index (χ1v) is 5.15. The normalized spacial score (nSPS) is 47.8. The third kappa shape index (κ3) is 1.10. The van der Waals surface area contributed by atoms with Crippen molar-refractivity contribution in [1.29, 1.82) is 0 Å². The average molecular weight is 188 g/mol. The number of rotatable bonds is 0. The number of piperidine rings is 1. The molecule has 0 spiro atoms. The van der Waals surface area contributed by atoms with Crippen LogP contribution in [0.5, 0.6) is 0 Å². The van der Waals surface area contributed by atoms with Gasteiger partial charge in [0.1, 0.15) is 0 Å². The largest absolute Gasteiger partial charge is 0.298 e. The molecule has 1 saturated heterocycles. The summed E-state index contributed by atoms with van der Waals surface area (Å²) in [5, 5.41) is 0. The Balaban J connectivity index is 1.99. The highest BCUT2D eigenvalue weighted by Gasteiger charge is 2.65. The zero-order valence-corrected chi connectivity index (χ0v) is 9.15. The molecule has 1 aliphatic heterocycles. The van der Waals surface area contributed by atoms with Crippen LogP contribution < -0.4 is 0 Å². The number of hydrogen-bond donors (Lipinski definition) is 0. The summed E-state index contributed by atoms with van der Waals surface area (Å²) < 4.78 is 0. The summed E-state index contributed by atoms with van der Waals surface area (Å²) in [5.74, 6) is 1.52. The predicted octanol–water partition coefficient (Wildman–Crippen LogP) is 2.34. The van der Waals surface area contributed by atoms with Gasteiger partial charge in [-0.15, -0.1) is 11.6 Å². The number of alkyl halides is 1. The first-order chi connectivity index (χ1) is 5.33. The molecule has 12 heavy (non-hydrogen) atoms. The van der Waals surface area contributed by atoms with Crippen molar-refractivity contribution in [2.45, 2.75) is 38.1 Å². The first-order valence-electron chi connectivity index (χ1n) is 4.77. The smallest absolute Gasteiger partial charge is 0.0506 e. The molecule has 2 unspecified atom stereocenters. The van der Waals surface area contributed by atoms with Crippen molar-refractivity contribution < 1.29 is 0 Å². The van der Waals surface area contributed by atoms with Crippen LogP contribution in [0.4, 0.5) is 0 Å². The quantitative estimate of drug-likeness (QED) is 0.527. The van der Waals surface area contributed by atoms with Gasteiger partial charge < -0.3 is 0 Å². The van der Waals surface area contributed by atoms with Crippen LogP contribution >= 0.6 is 11.6 Å². The highest BCUT2D eigenvalue weighted by atomic mass is 35.5. The van der Waals surface area contributed by atoms with Crippen LogP contribution in [0.2, 0.25) is 0 Å². The Morgan fingerprint density at radius 3 is 2.00 bits per heavy atom. The van der Waals surface area contributed by atoms with Gasteiger partial charge in [-0.25, -0.2) is 0 Å². The second kappa shape index (κ2) is 2.19. The van der Waals surface area contributed by atoms with Gasteiger partial charge in [0.15, 0.2) is 0 Å². The zero-order valence-electron chi connectivity index (χ0n) is 8.39. The maximum absolute atomic E-state index is 6.30. The molecule has 0 radical (unpaired) electrons. The van der Waals surface area contributed by atoms with Crippen LogP contribution in [0.15, 0.2) is 0 Å². The molecule has 0 aromatic heterocycles. The van der Waals surface area contributed by atoms with Crippen molar-refractivity contribution in [2.24, 2.45) is 11.8 Å². The fraction of sp³-hybridized carbons (Fsp3) is 1.00. The average Bonchev–Trinajstić information content (AvgIpc) is 2.31. The van der Waals surface area contributed by atoms with E-state index in [9.17, 15) is 0 Å². The van der Waals surface area contributed by atoms with E-state index in [1.807, 2.05) is 0 Å². The van der Waals surface area contributed by atoms with Crippen LogP contribution in [0.25, 0.3) is 0 Å². The third-order valence-corrected chi connectivity index (χ3v) is 4.17. The van der Waals surface area contributed by atoms with E-state index in [1.165, 1.54) is 13.1 Å². The van der Waals surface area contributed by atoms with Crippen molar-refractivity contribution in [1.82, 2.24) is 4.90 Å². The van der Waals surface area contributed by atoms with E-state index < -0.39 is 0 Å². The molecule has 2 heteroatoms. The summed E-state index contributed by atoms with van der Waals surface area (Å²) in [6.07, 6.45) is 0. The Hall–Kier alpha value is 0.250. The molecule has 1 heterocycles. The van der Waals surface area contributed by atoms with E-state index >= 15 is 0 Å². The predicted molar refractivity (Wildman–Crippen MR) is 52.6 cm³/mol. The molecule has 0 amide bonds. The fourth-order valence-corrected chi connectivity index (χ4v) is 2.75. The molecular formula is C10H18ClN. The summed E-state index contributed by atoms with van der Waals surface area (Å²) in [6.45, 7) is 11.4. The molecule has 0 aromatic rings. The standard InChI is InChI=1S/C10H18ClN/c1-9(2,3)12-5-7-8(6-12)10(7,4)11/h7-8H,5-6H2,1-4H3. The Bertz CT molecular complexity index is 190. The van der Waals surface area contributed by atoms with Crippen molar-refractivity contribution in [3.63, 3.8) is 0 Å². The maximum Gasteiger partial charge on any atom is 0.0506 e. The van der Waals surface area contributed by atoms with Gasteiger partial charge in [-0.3, -0.25) is 4.90 Å². The summed E-state index contributed by atoms with van der Waals surface area (Å²) in [4.78, 5) is 2.69. The van der Waals surface area contributed by atoms with Gasteiger partial charge in [0, 0.05) is 18.6 Å². The molecule has 2 rings (SSSR count). The Labute approximate surface area is 80.1 Å². The van der Waals surface area contributed by atoms with Gasteiger partial charge in [0.2, 0.25) is 0 Å². The SMILES string of the molecule is CC1(Cl)C2CN(C(C)(C)C)CC21. The van der Waals surface area contributed by atoms with Crippen LogP contribution in [0.3, 0.4) is 0 Å². The van der Waals surface area contributed by atoms with Crippen molar-refractivity contribution in [3.05, 3.63) is 0 Å². The van der Waals surface area contributed by atoms with Gasteiger partial charge in [-0.1, -0.05) is 0 Å². The Morgan fingerprint density at radius 2 is 1.67 bits per heavy atom. The van der Waals surface area contributed by atoms with Gasteiger partial charge in [-0.05, 0) is 39.5 Å². The second-order valence-corrected chi connectivity index (χ2v) is 6.25. The molecule has 70 valence electrons. The van der Waals surface area contributed by atoms with E-state index in [-0.39, 0.29) is 4.87 Å². The topological polar surface area (TPSA) is 3.24 Å². The third-order valence-electron chi connectivity index (χ3n) is 3.61. The minimum atomic E-state index is 0.141. The molecule has 1 nitrogen and oxygen atoms in total. The number of hydrogen-bond acceptors (Lipinski definition) is 1. The van der Waals surface area contributed by atoms with Gasteiger partial charge in [0.25, 0.3) is 0 Å². The molecular weight excluding hydrogens is 170 g/mol. The van der Waals surface area contributed by atoms with Crippen LogP contribution in [0.1, 0.15) is 27.7 Å². The van der Waals surface area contributed by atoms with E-state index in [0.717, 1.165) is 11.8 Å². The minimum Gasteiger partial charge on any atom is -0.298 e. The van der Waals surface area contributed by atoms with Crippen molar-refractivity contribution >= 4 is 11.6 Å². The van der Waals surface area contributed by atoms with E-state index in [0.29, 0.717) is 5.54 Å². The van der Waals surface area contributed by atoms with Crippen molar-refractivity contribution in [2.75, 3.05) is 13.1 Å². The molecule has 0 N–H and O–H groups in total. The van der Waals surface area contributed by atoms with Crippen LogP contribution in [-0.4, -0.2) is 28.4 Å². The highest BCUT2D eigenvalue weighted by molar-refractivity contribution is 6.26. The molecule has 0 aromatic carbocycles. The molecule has 1 aliphatic carbocycles. The number of halogens is 1. The lowest BCUT2D eigenvalue weighted by atomic mass is 10.1. The van der Waals surface area contributed by atoms with E-state index in [4.69, 9.17) is 11.6 Å². The summed E-state index contributed by atoms with van der Waals surface area (Å²) >= 11 is 6.30. The summed E-state index contributed by atoms with van der Waals surface area (Å²) in [6, 6.07) is 0. The fourth-order valence-electron chi connectivity index (χ4n) is 2.37. The van der Waals surface area contributed by atoms with Crippen LogP contribution in [-0.2, 0) is 0 Å². The number of fused-ring (bicyclic) bond motifs is 1.